The molecule has 1 aromatic carbocycles. The van der Waals surface area contributed by atoms with Crippen molar-refractivity contribution in [2.24, 2.45) is 5.14 Å². The topological polar surface area (TPSA) is 86.2 Å². The smallest absolute Gasteiger partial charge is 0.240 e. The number of aryl methyl sites for hydroxylation is 1. The third kappa shape index (κ3) is 1.96. The summed E-state index contributed by atoms with van der Waals surface area (Å²) in [6.07, 6.45) is 0. The van der Waals surface area contributed by atoms with Crippen molar-refractivity contribution >= 4 is 15.7 Å². The molecule has 0 radical (unpaired) electrons. The van der Waals surface area contributed by atoms with Crippen LogP contribution in [0.25, 0.3) is 0 Å². The van der Waals surface area contributed by atoms with Crippen LogP contribution in [-0.2, 0) is 10.0 Å². The third-order valence-corrected chi connectivity index (χ3v) is 2.57. The molecule has 1 aromatic rings. The van der Waals surface area contributed by atoms with Crippen molar-refractivity contribution in [3.63, 3.8) is 0 Å². The molecule has 13 heavy (non-hydrogen) atoms. The largest absolute Gasteiger partial charge is 0.397 e. The molecule has 0 bridgehead atoms. The number of rotatable bonds is 1. The molecule has 0 heterocycles. The van der Waals surface area contributed by atoms with Crippen molar-refractivity contribution in [2.45, 2.75) is 11.8 Å². The molecule has 0 atom stereocenters. The molecule has 0 saturated carbocycles. The monoisotopic (exact) mass is 204 g/mol. The van der Waals surface area contributed by atoms with E-state index >= 15 is 0 Å². The summed E-state index contributed by atoms with van der Waals surface area (Å²) in [4.78, 5) is -0.370. The number of hydrogen-bond acceptors (Lipinski definition) is 3. The van der Waals surface area contributed by atoms with Crippen LogP contribution in [0.5, 0.6) is 0 Å². The quantitative estimate of drug-likeness (QED) is 0.648. The number of hydrogen-bond donors (Lipinski definition) is 2. The minimum absolute atomic E-state index is 0.0103. The molecule has 0 spiro atoms. The number of sulfonamides is 1. The van der Waals surface area contributed by atoms with E-state index in [2.05, 4.69) is 0 Å². The van der Waals surface area contributed by atoms with Crippen molar-refractivity contribution in [1.29, 1.82) is 0 Å². The molecular formula is C7H9FN2O2S. The molecule has 0 fully saturated rings. The van der Waals surface area contributed by atoms with Gasteiger partial charge in [0.1, 0.15) is 10.7 Å². The van der Waals surface area contributed by atoms with Crippen LogP contribution in [0.3, 0.4) is 0 Å². The fourth-order valence-electron chi connectivity index (χ4n) is 0.959. The molecule has 0 unspecified atom stereocenters. The van der Waals surface area contributed by atoms with Crippen LogP contribution in [0.2, 0.25) is 0 Å². The van der Waals surface area contributed by atoms with Gasteiger partial charge in [-0.25, -0.2) is 17.9 Å². The standard InChI is InChI=1S/C7H9FN2O2S/c1-4-2-5(8)3-6(7(4)9)13(10,11)12/h2-3H,9H2,1H3,(H2,10,11,12). The van der Waals surface area contributed by atoms with E-state index < -0.39 is 15.8 Å². The average molecular weight is 204 g/mol. The highest BCUT2D eigenvalue weighted by molar-refractivity contribution is 7.89. The molecule has 0 amide bonds. The Labute approximate surface area is 75.4 Å². The summed E-state index contributed by atoms with van der Waals surface area (Å²) >= 11 is 0. The Kier molecular flexibility index (Phi) is 2.27. The van der Waals surface area contributed by atoms with Crippen LogP contribution >= 0.6 is 0 Å². The van der Waals surface area contributed by atoms with E-state index in [9.17, 15) is 12.8 Å². The van der Waals surface area contributed by atoms with Crippen LogP contribution in [0.15, 0.2) is 17.0 Å². The molecule has 0 saturated heterocycles. The van der Waals surface area contributed by atoms with Crippen molar-refractivity contribution in [2.75, 3.05) is 5.73 Å². The number of anilines is 1. The van der Waals surface area contributed by atoms with Gasteiger partial charge in [0.25, 0.3) is 0 Å². The number of benzene rings is 1. The van der Waals surface area contributed by atoms with E-state index in [1.165, 1.54) is 6.92 Å². The zero-order valence-electron chi connectivity index (χ0n) is 6.91. The summed E-state index contributed by atoms with van der Waals surface area (Å²) in [5.74, 6) is -0.671. The van der Waals surface area contributed by atoms with Crippen molar-refractivity contribution < 1.29 is 12.8 Å². The second kappa shape index (κ2) is 2.97. The number of nitrogen functional groups attached to an aromatic ring is 1. The predicted molar refractivity (Wildman–Crippen MR) is 46.9 cm³/mol. The number of halogens is 1. The minimum Gasteiger partial charge on any atom is -0.397 e. The first-order chi connectivity index (χ1) is 5.82. The molecule has 0 aliphatic heterocycles. The summed E-state index contributed by atoms with van der Waals surface area (Å²) in [7, 11) is -3.94. The van der Waals surface area contributed by atoms with Gasteiger partial charge < -0.3 is 5.73 Å². The molecule has 72 valence electrons. The summed E-state index contributed by atoms with van der Waals surface area (Å²) < 4.78 is 34.5. The summed E-state index contributed by atoms with van der Waals surface area (Å²) in [5.41, 5.74) is 5.75. The Hall–Kier alpha value is -1.14. The highest BCUT2D eigenvalue weighted by atomic mass is 32.2. The highest BCUT2D eigenvalue weighted by Crippen LogP contribution is 2.21. The SMILES string of the molecule is Cc1cc(F)cc(S(N)(=O)=O)c1N. The van der Waals surface area contributed by atoms with Crippen LogP contribution in [0, 0.1) is 12.7 Å². The van der Waals surface area contributed by atoms with Gasteiger partial charge in [-0.3, -0.25) is 0 Å². The van der Waals surface area contributed by atoms with Gasteiger partial charge in [-0.1, -0.05) is 0 Å². The maximum absolute atomic E-state index is 12.8. The zero-order valence-corrected chi connectivity index (χ0v) is 7.73. The highest BCUT2D eigenvalue weighted by Gasteiger charge is 2.15. The lowest BCUT2D eigenvalue weighted by Crippen LogP contribution is -2.15. The maximum atomic E-state index is 12.8. The molecule has 0 aromatic heterocycles. The average Bonchev–Trinajstić information content (AvgIpc) is 1.94. The third-order valence-electron chi connectivity index (χ3n) is 1.62. The van der Waals surface area contributed by atoms with Gasteiger partial charge in [-0.05, 0) is 24.6 Å². The molecule has 4 N–H and O–H groups in total. The Bertz CT molecular complexity index is 442. The second-order valence-electron chi connectivity index (χ2n) is 2.68. The molecule has 0 aliphatic carbocycles. The van der Waals surface area contributed by atoms with Gasteiger partial charge in [0.05, 0.1) is 5.69 Å². The van der Waals surface area contributed by atoms with Crippen LogP contribution < -0.4 is 10.9 Å². The van der Waals surface area contributed by atoms with Crippen molar-refractivity contribution in [3.8, 4) is 0 Å². The Balaban J connectivity index is 3.56. The van der Waals surface area contributed by atoms with E-state index in [-0.39, 0.29) is 10.6 Å². The van der Waals surface area contributed by atoms with Crippen LogP contribution in [0.4, 0.5) is 10.1 Å². The minimum atomic E-state index is -3.94. The first kappa shape index (κ1) is 9.94. The normalized spacial score (nSPS) is 11.6. The van der Waals surface area contributed by atoms with Gasteiger partial charge in [-0.15, -0.1) is 0 Å². The van der Waals surface area contributed by atoms with Gasteiger partial charge >= 0.3 is 0 Å². The van der Waals surface area contributed by atoms with Crippen molar-refractivity contribution in [3.05, 3.63) is 23.5 Å². The summed E-state index contributed by atoms with van der Waals surface area (Å²) in [5, 5.41) is 4.82. The van der Waals surface area contributed by atoms with E-state index in [1.807, 2.05) is 0 Å². The summed E-state index contributed by atoms with van der Waals surface area (Å²) in [6.45, 7) is 1.51. The van der Waals surface area contributed by atoms with Gasteiger partial charge in [0, 0.05) is 0 Å². The molecule has 0 aliphatic rings. The van der Waals surface area contributed by atoms with Gasteiger partial charge in [0.15, 0.2) is 0 Å². The van der Waals surface area contributed by atoms with E-state index in [0.717, 1.165) is 12.1 Å². The fourth-order valence-corrected chi connectivity index (χ4v) is 1.70. The first-order valence-electron chi connectivity index (χ1n) is 3.41. The second-order valence-corrected chi connectivity index (χ2v) is 4.21. The lowest BCUT2D eigenvalue weighted by Gasteiger charge is -2.05. The van der Waals surface area contributed by atoms with Gasteiger partial charge in [-0.2, -0.15) is 0 Å². The lowest BCUT2D eigenvalue weighted by molar-refractivity contribution is 0.592. The molecule has 6 heteroatoms. The Morgan fingerprint density at radius 1 is 1.38 bits per heavy atom. The van der Waals surface area contributed by atoms with Crippen molar-refractivity contribution in [1.82, 2.24) is 0 Å². The Morgan fingerprint density at radius 3 is 2.38 bits per heavy atom. The number of primary sulfonamides is 1. The molecule has 1 rings (SSSR count). The number of nitrogens with two attached hydrogens (primary N) is 2. The lowest BCUT2D eigenvalue weighted by atomic mass is 10.2. The van der Waals surface area contributed by atoms with E-state index in [1.54, 1.807) is 0 Å². The van der Waals surface area contributed by atoms with Crippen LogP contribution in [0.1, 0.15) is 5.56 Å². The maximum Gasteiger partial charge on any atom is 0.240 e. The predicted octanol–water partition coefficient (Wildman–Crippen LogP) is 0.364. The molecule has 4 nitrogen and oxygen atoms in total. The zero-order chi connectivity index (χ0) is 10.2. The fraction of sp³-hybridized carbons (Fsp3) is 0.143. The van der Waals surface area contributed by atoms with Crippen LogP contribution in [-0.4, -0.2) is 8.42 Å². The first-order valence-corrected chi connectivity index (χ1v) is 4.95. The van der Waals surface area contributed by atoms with E-state index in [0.29, 0.717) is 5.56 Å². The van der Waals surface area contributed by atoms with Gasteiger partial charge in [0.2, 0.25) is 10.0 Å². The Morgan fingerprint density at radius 2 is 1.92 bits per heavy atom. The summed E-state index contributed by atoms with van der Waals surface area (Å²) in [6, 6.07) is 1.95. The molecular weight excluding hydrogens is 195 g/mol. The van der Waals surface area contributed by atoms with E-state index in [4.69, 9.17) is 10.9 Å².